The Bertz CT molecular complexity index is 376. The highest BCUT2D eigenvalue weighted by molar-refractivity contribution is 5.14. The van der Waals surface area contributed by atoms with Gasteiger partial charge >= 0.3 is 0 Å². The van der Waals surface area contributed by atoms with Crippen LogP contribution >= 0.6 is 0 Å². The van der Waals surface area contributed by atoms with E-state index in [1.807, 2.05) is 0 Å². The summed E-state index contributed by atoms with van der Waals surface area (Å²) in [7, 11) is 0. The maximum Gasteiger partial charge on any atom is 0.0233 e. The number of rotatable bonds is 8. The summed E-state index contributed by atoms with van der Waals surface area (Å²) in [5, 5.41) is 3.79. The summed E-state index contributed by atoms with van der Waals surface area (Å²) in [4.78, 5) is 2.62. The Balaban J connectivity index is 1.89. The Morgan fingerprint density at radius 2 is 1.86 bits per heavy atom. The topological polar surface area (TPSA) is 15.3 Å². The van der Waals surface area contributed by atoms with Gasteiger partial charge in [-0.1, -0.05) is 57.0 Å². The molecular weight excluding hydrogens is 256 g/mol. The summed E-state index contributed by atoms with van der Waals surface area (Å²) in [5.74, 6) is 0.828. The lowest BCUT2D eigenvalue weighted by Crippen LogP contribution is -2.44. The quantitative estimate of drug-likeness (QED) is 0.776. The van der Waals surface area contributed by atoms with E-state index in [-0.39, 0.29) is 0 Å². The van der Waals surface area contributed by atoms with Crippen LogP contribution in [-0.2, 0) is 6.54 Å². The van der Waals surface area contributed by atoms with Gasteiger partial charge in [0.15, 0.2) is 0 Å². The number of benzene rings is 1. The fraction of sp³-hybridized carbons (Fsp3) is 0.684. The molecule has 21 heavy (non-hydrogen) atoms. The van der Waals surface area contributed by atoms with Crippen molar-refractivity contribution < 1.29 is 0 Å². The first kappa shape index (κ1) is 16.5. The maximum atomic E-state index is 3.79. The van der Waals surface area contributed by atoms with Crippen LogP contribution in [0.1, 0.15) is 51.5 Å². The predicted molar refractivity (Wildman–Crippen MR) is 91.4 cm³/mol. The second-order valence-electron chi connectivity index (χ2n) is 6.42. The third kappa shape index (κ3) is 5.44. The Hall–Kier alpha value is -0.860. The molecule has 1 aromatic carbocycles. The summed E-state index contributed by atoms with van der Waals surface area (Å²) in [6, 6.07) is 11.6. The van der Waals surface area contributed by atoms with Crippen LogP contribution in [0.25, 0.3) is 0 Å². The normalized spacial score (nSPS) is 22.6. The summed E-state index contributed by atoms with van der Waals surface area (Å²) in [5.41, 5.74) is 1.44. The molecule has 0 bridgehead atoms. The molecule has 0 aliphatic heterocycles. The highest BCUT2D eigenvalue weighted by Gasteiger charge is 2.25. The number of hydrogen-bond acceptors (Lipinski definition) is 2. The molecule has 0 radical (unpaired) electrons. The number of hydrogen-bond donors (Lipinski definition) is 1. The smallest absolute Gasteiger partial charge is 0.0233 e. The molecule has 2 nitrogen and oxygen atoms in total. The molecular formula is C19H32N2. The van der Waals surface area contributed by atoms with Crippen molar-refractivity contribution >= 4 is 0 Å². The van der Waals surface area contributed by atoms with Crippen LogP contribution in [0.4, 0.5) is 0 Å². The second-order valence-corrected chi connectivity index (χ2v) is 6.42. The SMILES string of the molecule is CCCNC1CCCCC1CN(CC)Cc1ccccc1. The molecule has 2 rings (SSSR count). The Morgan fingerprint density at radius 1 is 1.10 bits per heavy atom. The van der Waals surface area contributed by atoms with Gasteiger partial charge in [0.25, 0.3) is 0 Å². The van der Waals surface area contributed by atoms with Gasteiger partial charge in [-0.3, -0.25) is 4.90 Å². The third-order valence-electron chi connectivity index (χ3n) is 4.75. The van der Waals surface area contributed by atoms with Gasteiger partial charge < -0.3 is 5.32 Å². The van der Waals surface area contributed by atoms with Crippen molar-refractivity contribution in [3.05, 3.63) is 35.9 Å². The Morgan fingerprint density at radius 3 is 2.57 bits per heavy atom. The molecule has 1 saturated carbocycles. The lowest BCUT2D eigenvalue weighted by Gasteiger charge is -2.36. The van der Waals surface area contributed by atoms with Gasteiger partial charge in [-0.05, 0) is 43.8 Å². The zero-order valence-corrected chi connectivity index (χ0v) is 13.9. The first-order valence-corrected chi connectivity index (χ1v) is 8.83. The van der Waals surface area contributed by atoms with Crippen molar-refractivity contribution in [2.45, 2.75) is 58.5 Å². The number of nitrogens with one attached hydrogen (secondary N) is 1. The monoisotopic (exact) mass is 288 g/mol. The molecule has 2 heteroatoms. The summed E-state index contributed by atoms with van der Waals surface area (Å²) in [6.45, 7) is 9.21. The summed E-state index contributed by atoms with van der Waals surface area (Å²) in [6.07, 6.45) is 6.82. The Kier molecular flexibility index (Phi) is 7.25. The molecule has 1 aromatic rings. The highest BCUT2D eigenvalue weighted by atomic mass is 15.1. The molecule has 0 amide bonds. The molecule has 1 aliphatic carbocycles. The van der Waals surface area contributed by atoms with E-state index in [1.165, 1.54) is 50.8 Å². The van der Waals surface area contributed by atoms with Crippen molar-refractivity contribution in [1.82, 2.24) is 10.2 Å². The van der Waals surface area contributed by atoms with Crippen molar-refractivity contribution in [1.29, 1.82) is 0 Å². The first-order valence-electron chi connectivity index (χ1n) is 8.83. The lowest BCUT2D eigenvalue weighted by molar-refractivity contribution is 0.167. The first-order chi connectivity index (χ1) is 10.3. The minimum Gasteiger partial charge on any atom is -0.314 e. The van der Waals surface area contributed by atoms with Crippen LogP contribution in [0.5, 0.6) is 0 Å². The van der Waals surface area contributed by atoms with E-state index < -0.39 is 0 Å². The van der Waals surface area contributed by atoms with Gasteiger partial charge in [-0.25, -0.2) is 0 Å². The second kappa shape index (κ2) is 9.22. The lowest BCUT2D eigenvalue weighted by atomic mass is 9.84. The standard InChI is InChI=1S/C19H32N2/c1-3-14-20-19-13-9-8-12-18(19)16-21(4-2)15-17-10-6-5-7-11-17/h5-7,10-11,18-20H,3-4,8-9,12-16H2,1-2H3. The molecule has 1 N–H and O–H groups in total. The van der Waals surface area contributed by atoms with Crippen molar-refractivity contribution in [3.8, 4) is 0 Å². The molecule has 0 heterocycles. The fourth-order valence-electron chi connectivity index (χ4n) is 3.50. The van der Waals surface area contributed by atoms with E-state index in [0.29, 0.717) is 0 Å². The van der Waals surface area contributed by atoms with Crippen LogP contribution in [-0.4, -0.2) is 30.6 Å². The summed E-state index contributed by atoms with van der Waals surface area (Å²) >= 11 is 0. The largest absolute Gasteiger partial charge is 0.314 e. The average molecular weight is 288 g/mol. The van der Waals surface area contributed by atoms with Crippen LogP contribution in [0, 0.1) is 5.92 Å². The van der Waals surface area contributed by atoms with E-state index >= 15 is 0 Å². The van der Waals surface area contributed by atoms with E-state index in [1.54, 1.807) is 0 Å². The van der Waals surface area contributed by atoms with Crippen LogP contribution in [0.3, 0.4) is 0 Å². The van der Waals surface area contributed by atoms with Gasteiger partial charge in [-0.15, -0.1) is 0 Å². The number of nitrogens with zero attached hydrogens (tertiary/aromatic N) is 1. The van der Waals surface area contributed by atoms with Gasteiger partial charge in [-0.2, -0.15) is 0 Å². The van der Waals surface area contributed by atoms with E-state index in [9.17, 15) is 0 Å². The third-order valence-corrected chi connectivity index (χ3v) is 4.75. The van der Waals surface area contributed by atoms with E-state index in [0.717, 1.165) is 25.0 Å². The van der Waals surface area contributed by atoms with Crippen molar-refractivity contribution in [3.63, 3.8) is 0 Å². The van der Waals surface area contributed by atoms with Gasteiger partial charge in [0.1, 0.15) is 0 Å². The van der Waals surface area contributed by atoms with Crippen LogP contribution in [0.2, 0.25) is 0 Å². The van der Waals surface area contributed by atoms with Crippen LogP contribution < -0.4 is 5.32 Å². The molecule has 118 valence electrons. The van der Waals surface area contributed by atoms with Gasteiger partial charge in [0, 0.05) is 19.1 Å². The van der Waals surface area contributed by atoms with Crippen molar-refractivity contribution in [2.75, 3.05) is 19.6 Å². The van der Waals surface area contributed by atoms with Gasteiger partial charge in [0.2, 0.25) is 0 Å². The highest BCUT2D eigenvalue weighted by Crippen LogP contribution is 2.25. The Labute approximate surface area is 130 Å². The van der Waals surface area contributed by atoms with Gasteiger partial charge in [0.05, 0.1) is 0 Å². The average Bonchev–Trinajstić information content (AvgIpc) is 2.54. The molecule has 1 fully saturated rings. The predicted octanol–water partition coefficient (Wildman–Crippen LogP) is 4.07. The molecule has 2 atom stereocenters. The molecule has 1 aliphatic rings. The minimum absolute atomic E-state index is 0.739. The molecule has 0 saturated heterocycles. The molecule has 2 unspecified atom stereocenters. The zero-order chi connectivity index (χ0) is 14.9. The van der Waals surface area contributed by atoms with E-state index in [2.05, 4.69) is 54.4 Å². The maximum absolute atomic E-state index is 3.79. The summed E-state index contributed by atoms with van der Waals surface area (Å²) < 4.78 is 0. The van der Waals surface area contributed by atoms with E-state index in [4.69, 9.17) is 0 Å². The van der Waals surface area contributed by atoms with Crippen molar-refractivity contribution in [2.24, 2.45) is 5.92 Å². The minimum atomic E-state index is 0.739. The van der Waals surface area contributed by atoms with Crippen LogP contribution in [0.15, 0.2) is 30.3 Å². The molecule has 0 spiro atoms. The molecule has 0 aromatic heterocycles. The fourth-order valence-corrected chi connectivity index (χ4v) is 3.50. The zero-order valence-electron chi connectivity index (χ0n) is 13.9.